The van der Waals surface area contributed by atoms with Gasteiger partial charge in [-0.1, -0.05) is 209 Å². The number of H-pyrrole nitrogens is 1. The summed E-state index contributed by atoms with van der Waals surface area (Å²) in [5, 5.41) is 7.90. The lowest BCUT2D eigenvalue weighted by Crippen LogP contribution is -2.15. The molecule has 0 fully saturated rings. The molecule has 302 valence electrons. The van der Waals surface area contributed by atoms with Crippen molar-refractivity contribution in [3.05, 3.63) is 216 Å². The molecule has 11 aromatic rings. The average Bonchev–Trinajstić information content (AvgIpc) is 3.95. The van der Waals surface area contributed by atoms with Crippen molar-refractivity contribution >= 4 is 64.1 Å². The summed E-state index contributed by atoms with van der Waals surface area (Å²) in [6, 6.07) is 68.2. The maximum atomic E-state index is 3.71. The Morgan fingerprint density at radius 3 is 1.79 bits per heavy atom. The van der Waals surface area contributed by atoms with Crippen LogP contribution in [0, 0.1) is 13.8 Å². The van der Waals surface area contributed by atoms with Crippen LogP contribution in [-0.4, -0.2) is 4.98 Å². The van der Waals surface area contributed by atoms with Crippen molar-refractivity contribution in [1.82, 2.24) is 4.98 Å². The van der Waals surface area contributed by atoms with Crippen LogP contribution in [0.1, 0.15) is 61.4 Å². The number of hydrogen-bond donors (Lipinski definition) is 1. The lowest BCUT2D eigenvalue weighted by atomic mass is 9.81. The number of nitrogens with one attached hydrogen (secondary N) is 1. The van der Waals surface area contributed by atoms with Crippen LogP contribution in [-0.2, 0) is 5.41 Å². The van der Waals surface area contributed by atoms with Gasteiger partial charge in [-0.2, -0.15) is 0 Å². The maximum absolute atomic E-state index is 3.71. The first-order valence-corrected chi connectivity index (χ1v) is 22.7. The molecule has 1 aliphatic rings. The van der Waals surface area contributed by atoms with Crippen molar-refractivity contribution in [1.29, 1.82) is 0 Å². The highest BCUT2D eigenvalue weighted by molar-refractivity contribution is 7.26. The summed E-state index contributed by atoms with van der Waals surface area (Å²) in [6.07, 6.45) is 0. The molecule has 2 heterocycles. The number of fused-ring (bicyclic) bond motifs is 12. The zero-order valence-corrected chi connectivity index (χ0v) is 37.2. The summed E-state index contributed by atoms with van der Waals surface area (Å²) in [4.78, 5) is 3.71. The largest absolute Gasteiger partial charge is 0.354 e. The van der Waals surface area contributed by atoms with Crippen molar-refractivity contribution in [3.63, 3.8) is 0 Å². The highest BCUT2D eigenvalue weighted by atomic mass is 32.1. The third-order valence-corrected chi connectivity index (χ3v) is 14.1. The number of rotatable bonds is 3. The number of hydrogen-bond acceptors (Lipinski definition) is 1. The third-order valence-electron chi connectivity index (χ3n) is 12.9. The molecule has 0 radical (unpaired) electrons. The number of aromatic amines is 1. The summed E-state index contributed by atoms with van der Waals surface area (Å²) < 4.78 is 2.71. The molecule has 0 bridgehead atoms. The SMILES string of the molecule is CC(C)c1ccc2c(c1)C(C)(C)c1ccccc1-2.Cc1ccc(-c2ccc3sc4c(ccc5ccc6c7ccccc7[nH]c6c54)c3c2)cc1.Cc1ccc(-c2ccccc2)cc1. The van der Waals surface area contributed by atoms with Gasteiger partial charge in [-0.25, -0.2) is 0 Å². The van der Waals surface area contributed by atoms with Gasteiger partial charge in [0.1, 0.15) is 0 Å². The van der Waals surface area contributed by atoms with Crippen LogP contribution >= 0.6 is 11.3 Å². The highest BCUT2D eigenvalue weighted by Gasteiger charge is 2.35. The quantitative estimate of drug-likeness (QED) is 0.183. The van der Waals surface area contributed by atoms with Crippen LogP contribution in [0.15, 0.2) is 188 Å². The second kappa shape index (κ2) is 15.9. The fourth-order valence-electron chi connectivity index (χ4n) is 9.34. The Bertz CT molecular complexity index is 3400. The van der Waals surface area contributed by atoms with Crippen molar-refractivity contribution in [2.45, 2.75) is 52.9 Å². The molecule has 1 aliphatic carbocycles. The summed E-state index contributed by atoms with van der Waals surface area (Å²) in [7, 11) is 0. The molecule has 12 rings (SSSR count). The molecule has 2 aromatic heterocycles. The first-order chi connectivity index (χ1) is 30.1. The summed E-state index contributed by atoms with van der Waals surface area (Å²) >= 11 is 1.90. The molecule has 0 saturated heterocycles. The van der Waals surface area contributed by atoms with Crippen molar-refractivity contribution in [2.24, 2.45) is 0 Å². The van der Waals surface area contributed by atoms with E-state index >= 15 is 0 Å². The fraction of sp³-hybridized carbons (Fsp3) is 0.133. The third kappa shape index (κ3) is 7.09. The van der Waals surface area contributed by atoms with Gasteiger partial charge in [0.25, 0.3) is 0 Å². The number of thiophene rings is 1. The average molecular weight is 818 g/mol. The molecule has 0 spiro atoms. The van der Waals surface area contributed by atoms with Gasteiger partial charge in [0.15, 0.2) is 0 Å². The van der Waals surface area contributed by atoms with Crippen LogP contribution < -0.4 is 0 Å². The Hall–Kier alpha value is -6.74. The van der Waals surface area contributed by atoms with Crippen LogP contribution in [0.2, 0.25) is 0 Å². The van der Waals surface area contributed by atoms with E-state index in [-0.39, 0.29) is 5.41 Å². The lowest BCUT2D eigenvalue weighted by molar-refractivity contribution is 0.658. The standard InChI is InChI=1S/C29H19NS.C18H20.C13H12/c1-17-6-8-18(9-7-17)20-12-15-26-24(16-20)23-14-11-19-10-13-22-21-4-2-3-5-25(21)30-28(22)27(19)29(23)31-26;1-12(2)13-9-10-15-14-7-5-6-8-16(14)18(3,4)17(15)11-13;1-11-7-9-13(10-8-11)12-5-3-2-4-6-12/h2-16,30H,1H3;5-12H,1-4H3;2-10H,1H3. The molecule has 1 N–H and O–H groups in total. The van der Waals surface area contributed by atoms with Gasteiger partial charge in [-0.3, -0.25) is 0 Å². The Balaban J connectivity index is 0.000000125. The number of benzene rings is 9. The van der Waals surface area contributed by atoms with Crippen molar-refractivity contribution < 1.29 is 0 Å². The Morgan fingerprint density at radius 1 is 0.468 bits per heavy atom. The van der Waals surface area contributed by atoms with E-state index < -0.39 is 0 Å². The summed E-state index contributed by atoms with van der Waals surface area (Å²) in [5.41, 5.74) is 17.5. The number of aryl methyl sites for hydroxylation is 2. The number of para-hydroxylation sites is 1. The molecule has 2 heteroatoms. The number of aromatic nitrogens is 1. The van der Waals surface area contributed by atoms with Gasteiger partial charge in [-0.15, -0.1) is 11.3 Å². The van der Waals surface area contributed by atoms with Crippen molar-refractivity contribution in [2.75, 3.05) is 0 Å². The van der Waals surface area contributed by atoms with E-state index in [2.05, 4.69) is 229 Å². The van der Waals surface area contributed by atoms with Crippen LogP contribution in [0.4, 0.5) is 0 Å². The Kier molecular flexibility index (Phi) is 10.1. The molecule has 1 nitrogen and oxygen atoms in total. The first kappa shape index (κ1) is 39.4. The minimum absolute atomic E-state index is 0.136. The summed E-state index contributed by atoms with van der Waals surface area (Å²) in [6.45, 7) is 13.4. The van der Waals surface area contributed by atoms with E-state index in [9.17, 15) is 0 Å². The molecule has 0 unspecified atom stereocenters. The van der Waals surface area contributed by atoms with Gasteiger partial charge in [0.05, 0.1) is 5.52 Å². The maximum Gasteiger partial charge on any atom is 0.0559 e. The van der Waals surface area contributed by atoms with Gasteiger partial charge in [0.2, 0.25) is 0 Å². The van der Waals surface area contributed by atoms with Gasteiger partial charge >= 0.3 is 0 Å². The smallest absolute Gasteiger partial charge is 0.0559 e. The van der Waals surface area contributed by atoms with Gasteiger partial charge in [-0.05, 0) is 93.4 Å². The lowest BCUT2D eigenvalue weighted by Gasteiger charge is -2.22. The van der Waals surface area contributed by atoms with E-state index in [1.54, 1.807) is 0 Å². The minimum atomic E-state index is 0.136. The molecule has 9 aromatic carbocycles. The Labute approximate surface area is 369 Å². The molecular weight excluding hydrogens is 767 g/mol. The topological polar surface area (TPSA) is 15.8 Å². The van der Waals surface area contributed by atoms with Crippen molar-refractivity contribution in [3.8, 4) is 33.4 Å². The fourth-order valence-corrected chi connectivity index (χ4v) is 10.6. The normalized spacial score (nSPS) is 12.6. The van der Waals surface area contributed by atoms with E-state index in [1.807, 2.05) is 17.4 Å². The van der Waals surface area contributed by atoms with E-state index in [4.69, 9.17) is 0 Å². The van der Waals surface area contributed by atoms with Crippen LogP contribution in [0.5, 0.6) is 0 Å². The second-order valence-electron chi connectivity index (χ2n) is 17.7. The Morgan fingerprint density at radius 2 is 1.06 bits per heavy atom. The predicted octanol–water partition coefficient (Wildman–Crippen LogP) is 17.6. The molecule has 0 amide bonds. The minimum Gasteiger partial charge on any atom is -0.354 e. The molecule has 62 heavy (non-hydrogen) atoms. The van der Waals surface area contributed by atoms with Gasteiger partial charge in [0, 0.05) is 47.3 Å². The van der Waals surface area contributed by atoms with E-state index in [0.29, 0.717) is 5.92 Å². The molecular formula is C60H51NS. The zero-order valence-electron chi connectivity index (χ0n) is 36.4. The monoisotopic (exact) mass is 817 g/mol. The predicted molar refractivity (Wildman–Crippen MR) is 271 cm³/mol. The van der Waals surface area contributed by atoms with Gasteiger partial charge < -0.3 is 4.98 Å². The summed E-state index contributed by atoms with van der Waals surface area (Å²) in [5.74, 6) is 0.592. The molecule has 0 saturated carbocycles. The van der Waals surface area contributed by atoms with Crippen LogP contribution in [0.3, 0.4) is 0 Å². The molecule has 0 atom stereocenters. The highest BCUT2D eigenvalue weighted by Crippen LogP contribution is 2.49. The van der Waals surface area contributed by atoms with Crippen LogP contribution in [0.25, 0.3) is 86.1 Å². The van der Waals surface area contributed by atoms with E-state index in [1.165, 1.54) is 114 Å². The molecule has 0 aliphatic heterocycles. The zero-order chi connectivity index (χ0) is 42.5. The second-order valence-corrected chi connectivity index (χ2v) is 18.8. The van der Waals surface area contributed by atoms with E-state index in [0.717, 1.165) is 0 Å². The first-order valence-electron chi connectivity index (χ1n) is 21.9.